The lowest BCUT2D eigenvalue weighted by atomic mass is 10.2. The fourth-order valence-corrected chi connectivity index (χ4v) is 3.93. The van der Waals surface area contributed by atoms with E-state index in [0.717, 1.165) is 51.1 Å². The van der Waals surface area contributed by atoms with Crippen LogP contribution in [-0.2, 0) is 0 Å². The minimum atomic E-state index is 0.705. The van der Waals surface area contributed by atoms with E-state index in [-0.39, 0.29) is 0 Å². The van der Waals surface area contributed by atoms with E-state index in [2.05, 4.69) is 57.1 Å². The Kier molecular flexibility index (Phi) is 7.26. The van der Waals surface area contributed by atoms with Gasteiger partial charge in [-0.15, -0.1) is 0 Å². The molecular formula is C21H24BrN3OS. The molecule has 3 rings (SSSR count). The molecule has 0 aliphatic carbocycles. The van der Waals surface area contributed by atoms with Crippen LogP contribution < -0.4 is 10.1 Å². The Morgan fingerprint density at radius 3 is 2.59 bits per heavy atom. The van der Waals surface area contributed by atoms with Crippen LogP contribution in [0.1, 0.15) is 13.8 Å². The first-order valence-electron chi connectivity index (χ1n) is 9.12. The maximum Gasteiger partial charge on any atom is 0.187 e. The van der Waals surface area contributed by atoms with E-state index in [9.17, 15) is 0 Å². The van der Waals surface area contributed by atoms with Gasteiger partial charge in [-0.05, 0) is 55.1 Å². The molecule has 0 unspecified atom stereocenters. The number of nitrogens with zero attached hydrogens (tertiary/aromatic N) is 2. The number of benzene rings is 2. The van der Waals surface area contributed by atoms with Crippen LogP contribution in [0.5, 0.6) is 5.75 Å². The van der Waals surface area contributed by atoms with Crippen molar-refractivity contribution in [3.05, 3.63) is 59.2 Å². The number of thiazole rings is 1. The third-order valence-corrected chi connectivity index (χ3v) is 5.75. The van der Waals surface area contributed by atoms with Crippen LogP contribution in [0.3, 0.4) is 0 Å². The number of ether oxygens (including phenoxy) is 1. The number of hydrogen-bond donors (Lipinski definition) is 1. The molecule has 27 heavy (non-hydrogen) atoms. The molecule has 1 heterocycles. The predicted octanol–water partition coefficient (Wildman–Crippen LogP) is 6.04. The zero-order valence-electron chi connectivity index (χ0n) is 15.6. The second-order valence-electron chi connectivity index (χ2n) is 6.06. The Labute approximate surface area is 173 Å². The van der Waals surface area contributed by atoms with Crippen molar-refractivity contribution in [2.75, 3.05) is 31.6 Å². The summed E-state index contributed by atoms with van der Waals surface area (Å²) in [7, 11) is 0. The maximum atomic E-state index is 5.83. The molecule has 0 aliphatic heterocycles. The van der Waals surface area contributed by atoms with Crippen LogP contribution in [0.2, 0.25) is 0 Å². The van der Waals surface area contributed by atoms with E-state index in [4.69, 9.17) is 4.74 Å². The number of aromatic nitrogens is 1. The summed E-state index contributed by atoms with van der Waals surface area (Å²) in [6.45, 7) is 8.10. The normalized spacial score (nSPS) is 11.0. The Hall–Kier alpha value is -1.89. The van der Waals surface area contributed by atoms with Crippen molar-refractivity contribution in [2.45, 2.75) is 13.8 Å². The molecule has 0 fully saturated rings. The van der Waals surface area contributed by atoms with Crippen LogP contribution >= 0.6 is 27.3 Å². The van der Waals surface area contributed by atoms with Crippen LogP contribution in [0.15, 0.2) is 59.2 Å². The predicted molar refractivity (Wildman–Crippen MR) is 118 cm³/mol. The summed E-state index contributed by atoms with van der Waals surface area (Å²) in [5, 5.41) is 4.24. The molecule has 0 saturated heterocycles. The molecule has 1 aromatic heterocycles. The molecule has 0 aliphatic rings. The van der Waals surface area contributed by atoms with Crippen molar-refractivity contribution in [3.8, 4) is 16.2 Å². The van der Waals surface area contributed by atoms with Gasteiger partial charge in [-0.25, -0.2) is 4.98 Å². The average molecular weight is 446 g/mol. The molecule has 1 N–H and O–H groups in total. The Morgan fingerprint density at radius 1 is 1.11 bits per heavy atom. The highest BCUT2D eigenvalue weighted by molar-refractivity contribution is 9.10. The number of halogens is 1. The fraction of sp³-hybridized carbons (Fsp3) is 0.286. The highest BCUT2D eigenvalue weighted by Crippen LogP contribution is 2.32. The molecule has 2 aromatic carbocycles. The largest absolute Gasteiger partial charge is 0.492 e. The number of hydrogen-bond acceptors (Lipinski definition) is 5. The van der Waals surface area contributed by atoms with Crippen molar-refractivity contribution in [3.63, 3.8) is 0 Å². The lowest BCUT2D eigenvalue weighted by molar-refractivity contribution is 0.223. The minimum absolute atomic E-state index is 0.705. The van der Waals surface area contributed by atoms with E-state index in [0.29, 0.717) is 6.61 Å². The van der Waals surface area contributed by atoms with Crippen molar-refractivity contribution >= 4 is 38.1 Å². The summed E-state index contributed by atoms with van der Waals surface area (Å²) >= 11 is 5.15. The van der Waals surface area contributed by atoms with Gasteiger partial charge in [0.25, 0.3) is 0 Å². The first kappa shape index (κ1) is 19.9. The second-order valence-corrected chi connectivity index (χ2v) is 8.01. The standard InChI is InChI=1S/C21H24BrN3OS/c1-3-25(4-2)12-13-26-19-10-8-18(9-11-19)24-21-23-15-20(27-21)16-6-5-7-17(22)14-16/h5-11,14-15H,3-4,12-13H2,1-2H3,(H,23,24). The van der Waals surface area contributed by atoms with Gasteiger partial charge in [0.05, 0.1) is 4.88 Å². The molecule has 0 atom stereocenters. The van der Waals surface area contributed by atoms with Gasteiger partial charge in [0, 0.05) is 22.9 Å². The third-order valence-electron chi connectivity index (χ3n) is 4.29. The SMILES string of the molecule is CCN(CC)CCOc1ccc(Nc2ncc(-c3cccc(Br)c3)s2)cc1. The van der Waals surface area contributed by atoms with Crippen molar-refractivity contribution in [1.29, 1.82) is 0 Å². The van der Waals surface area contributed by atoms with Gasteiger partial charge in [0.2, 0.25) is 0 Å². The van der Waals surface area contributed by atoms with Crippen molar-refractivity contribution in [2.24, 2.45) is 0 Å². The lowest BCUT2D eigenvalue weighted by Crippen LogP contribution is -2.27. The summed E-state index contributed by atoms with van der Waals surface area (Å²) in [6.07, 6.45) is 1.90. The average Bonchev–Trinajstić information content (AvgIpc) is 3.15. The molecule has 6 heteroatoms. The minimum Gasteiger partial charge on any atom is -0.492 e. The quantitative estimate of drug-likeness (QED) is 0.435. The number of nitrogens with one attached hydrogen (secondary N) is 1. The summed E-state index contributed by atoms with van der Waals surface area (Å²) in [6, 6.07) is 16.3. The van der Waals surface area contributed by atoms with Gasteiger partial charge >= 0.3 is 0 Å². The molecule has 4 nitrogen and oxygen atoms in total. The summed E-state index contributed by atoms with van der Waals surface area (Å²) in [5.74, 6) is 0.890. The van der Waals surface area contributed by atoms with Crippen LogP contribution in [0, 0.1) is 0 Å². The first-order chi connectivity index (χ1) is 13.2. The van der Waals surface area contributed by atoms with Gasteiger partial charge in [-0.3, -0.25) is 0 Å². The zero-order valence-corrected chi connectivity index (χ0v) is 18.0. The Balaban J connectivity index is 1.56. The maximum absolute atomic E-state index is 5.83. The van der Waals surface area contributed by atoms with Gasteiger partial charge in [-0.2, -0.15) is 0 Å². The Morgan fingerprint density at radius 2 is 1.89 bits per heavy atom. The highest BCUT2D eigenvalue weighted by atomic mass is 79.9. The van der Waals surface area contributed by atoms with Gasteiger partial charge in [0.15, 0.2) is 5.13 Å². The topological polar surface area (TPSA) is 37.4 Å². The fourth-order valence-electron chi connectivity index (χ4n) is 2.70. The number of likely N-dealkylation sites (N-methyl/N-ethyl adjacent to an activating group) is 1. The van der Waals surface area contributed by atoms with Gasteiger partial charge < -0.3 is 15.0 Å². The molecule has 0 spiro atoms. The van der Waals surface area contributed by atoms with E-state index in [1.165, 1.54) is 0 Å². The molecule has 0 bridgehead atoms. The molecule has 142 valence electrons. The molecule has 0 radical (unpaired) electrons. The number of rotatable bonds is 9. The van der Waals surface area contributed by atoms with E-state index in [1.54, 1.807) is 11.3 Å². The van der Waals surface area contributed by atoms with Crippen LogP contribution in [0.25, 0.3) is 10.4 Å². The number of anilines is 2. The summed E-state index contributed by atoms with van der Waals surface area (Å²) in [5.41, 5.74) is 2.16. The first-order valence-corrected chi connectivity index (χ1v) is 10.7. The molecular weight excluding hydrogens is 422 g/mol. The second kappa shape index (κ2) is 9.88. The van der Waals surface area contributed by atoms with Crippen molar-refractivity contribution in [1.82, 2.24) is 9.88 Å². The monoisotopic (exact) mass is 445 g/mol. The Bertz CT molecular complexity index is 847. The highest BCUT2D eigenvalue weighted by Gasteiger charge is 2.06. The third kappa shape index (κ3) is 5.79. The summed E-state index contributed by atoms with van der Waals surface area (Å²) in [4.78, 5) is 7.97. The van der Waals surface area contributed by atoms with E-state index >= 15 is 0 Å². The zero-order chi connectivity index (χ0) is 19.1. The molecule has 0 saturated carbocycles. The van der Waals surface area contributed by atoms with Crippen LogP contribution in [0.4, 0.5) is 10.8 Å². The van der Waals surface area contributed by atoms with E-state index in [1.807, 2.05) is 42.6 Å². The van der Waals surface area contributed by atoms with Gasteiger partial charge in [0.1, 0.15) is 12.4 Å². The van der Waals surface area contributed by atoms with Gasteiger partial charge in [-0.1, -0.05) is 53.2 Å². The molecule has 0 amide bonds. The molecule has 3 aromatic rings. The smallest absolute Gasteiger partial charge is 0.187 e. The van der Waals surface area contributed by atoms with Crippen molar-refractivity contribution < 1.29 is 4.74 Å². The summed E-state index contributed by atoms with van der Waals surface area (Å²) < 4.78 is 6.90. The van der Waals surface area contributed by atoms with Crippen LogP contribution in [-0.4, -0.2) is 36.1 Å². The van der Waals surface area contributed by atoms with E-state index < -0.39 is 0 Å². The lowest BCUT2D eigenvalue weighted by Gasteiger charge is -2.18.